The van der Waals surface area contributed by atoms with E-state index in [4.69, 9.17) is 10.1 Å². The Hall–Kier alpha value is -1.40. The van der Waals surface area contributed by atoms with Gasteiger partial charge in [0.15, 0.2) is 0 Å². The standard InChI is InChI=1S/C9H14O6/c1-4-9(2,3)15-14-8(11)6-5-7(10)13-12/h5-6,12H,4H2,1-3H3/b6-5-. The van der Waals surface area contributed by atoms with E-state index in [0.717, 1.165) is 6.08 Å². The van der Waals surface area contributed by atoms with Crippen LogP contribution < -0.4 is 0 Å². The van der Waals surface area contributed by atoms with Crippen LogP contribution in [-0.2, 0) is 24.3 Å². The SMILES string of the molecule is CCC(C)(C)OOC(=O)/C=C\C(=O)OO. The Morgan fingerprint density at radius 1 is 1.27 bits per heavy atom. The van der Waals surface area contributed by atoms with E-state index in [9.17, 15) is 9.59 Å². The van der Waals surface area contributed by atoms with Crippen molar-refractivity contribution in [3.63, 3.8) is 0 Å². The van der Waals surface area contributed by atoms with Gasteiger partial charge in [0.2, 0.25) is 0 Å². The predicted molar refractivity (Wildman–Crippen MR) is 49.4 cm³/mol. The zero-order chi connectivity index (χ0) is 11.9. The lowest BCUT2D eigenvalue weighted by Gasteiger charge is -2.19. The summed E-state index contributed by atoms with van der Waals surface area (Å²) in [5, 5.41) is 7.86. The average molecular weight is 218 g/mol. The fraction of sp³-hybridized carbons (Fsp3) is 0.556. The minimum atomic E-state index is -1.07. The Morgan fingerprint density at radius 2 is 1.80 bits per heavy atom. The van der Waals surface area contributed by atoms with Gasteiger partial charge in [-0.25, -0.2) is 9.59 Å². The maximum absolute atomic E-state index is 10.9. The number of hydrogen-bond donors (Lipinski definition) is 1. The molecule has 0 rings (SSSR count). The molecule has 1 N–H and O–H groups in total. The molecule has 0 heterocycles. The smallest absolute Gasteiger partial charge is 0.296 e. The molecule has 0 amide bonds. The monoisotopic (exact) mass is 218 g/mol. The van der Waals surface area contributed by atoms with E-state index < -0.39 is 17.5 Å². The Morgan fingerprint density at radius 3 is 2.27 bits per heavy atom. The molecule has 0 saturated carbocycles. The second kappa shape index (κ2) is 6.15. The molecule has 0 aromatic heterocycles. The lowest BCUT2D eigenvalue weighted by molar-refractivity contribution is -0.321. The first kappa shape index (κ1) is 13.6. The molecule has 15 heavy (non-hydrogen) atoms. The highest BCUT2D eigenvalue weighted by atomic mass is 17.2. The first-order valence-corrected chi connectivity index (χ1v) is 4.34. The third kappa shape index (κ3) is 6.64. The molecule has 0 aromatic carbocycles. The van der Waals surface area contributed by atoms with Crippen molar-refractivity contribution in [3.05, 3.63) is 12.2 Å². The van der Waals surface area contributed by atoms with E-state index in [1.165, 1.54) is 0 Å². The number of carbonyl (C=O) groups is 2. The van der Waals surface area contributed by atoms with Gasteiger partial charge in [0.25, 0.3) is 0 Å². The third-order valence-electron chi connectivity index (χ3n) is 1.65. The van der Waals surface area contributed by atoms with Crippen LogP contribution in [0.5, 0.6) is 0 Å². The van der Waals surface area contributed by atoms with Crippen LogP contribution in [0, 0.1) is 0 Å². The number of carbonyl (C=O) groups excluding carboxylic acids is 2. The number of hydrogen-bond acceptors (Lipinski definition) is 6. The highest BCUT2D eigenvalue weighted by molar-refractivity contribution is 5.91. The van der Waals surface area contributed by atoms with Gasteiger partial charge in [-0.15, -0.1) is 0 Å². The lowest BCUT2D eigenvalue weighted by Crippen LogP contribution is -2.24. The van der Waals surface area contributed by atoms with Gasteiger partial charge in [-0.05, 0) is 20.3 Å². The molecule has 6 heteroatoms. The summed E-state index contributed by atoms with van der Waals surface area (Å²) in [6.45, 7) is 5.35. The predicted octanol–water partition coefficient (Wildman–Crippen LogP) is 1.22. The molecule has 0 spiro atoms. The largest absolute Gasteiger partial charge is 0.366 e. The van der Waals surface area contributed by atoms with E-state index in [2.05, 4.69) is 9.78 Å². The number of rotatable bonds is 5. The van der Waals surface area contributed by atoms with Gasteiger partial charge < -0.3 is 0 Å². The second-order valence-electron chi connectivity index (χ2n) is 3.34. The Bertz CT molecular complexity index is 255. The molecule has 0 aromatic rings. The minimum absolute atomic E-state index is 0.582. The van der Waals surface area contributed by atoms with Crippen molar-refractivity contribution in [3.8, 4) is 0 Å². The van der Waals surface area contributed by atoms with Crippen LogP contribution in [0.15, 0.2) is 12.2 Å². The summed E-state index contributed by atoms with van der Waals surface area (Å²) >= 11 is 0. The average Bonchev–Trinajstić information content (AvgIpc) is 2.23. The topological polar surface area (TPSA) is 82.1 Å². The molecule has 0 aliphatic rings. The summed E-state index contributed by atoms with van der Waals surface area (Å²) in [5.74, 6) is -1.93. The summed E-state index contributed by atoms with van der Waals surface area (Å²) in [6.07, 6.45) is 2.15. The molecule has 0 atom stereocenters. The fourth-order valence-corrected chi connectivity index (χ4v) is 0.407. The van der Waals surface area contributed by atoms with Crippen LogP contribution in [0.1, 0.15) is 27.2 Å². The van der Waals surface area contributed by atoms with E-state index in [0.29, 0.717) is 12.5 Å². The van der Waals surface area contributed by atoms with Crippen LogP contribution in [0.4, 0.5) is 0 Å². The summed E-state index contributed by atoms with van der Waals surface area (Å²) in [7, 11) is 0. The van der Waals surface area contributed by atoms with Crippen LogP contribution in [-0.4, -0.2) is 22.8 Å². The molecule has 6 nitrogen and oxygen atoms in total. The summed E-state index contributed by atoms with van der Waals surface area (Å²) in [5.41, 5.74) is -0.582. The summed E-state index contributed by atoms with van der Waals surface area (Å²) in [6, 6.07) is 0. The van der Waals surface area contributed by atoms with Gasteiger partial charge in [-0.3, -0.25) is 9.78 Å². The minimum Gasteiger partial charge on any atom is -0.296 e. The zero-order valence-corrected chi connectivity index (χ0v) is 8.85. The maximum atomic E-state index is 10.9. The normalized spacial score (nSPS) is 11.5. The van der Waals surface area contributed by atoms with Crippen LogP contribution in [0.2, 0.25) is 0 Å². The second-order valence-corrected chi connectivity index (χ2v) is 3.34. The van der Waals surface area contributed by atoms with E-state index in [1.54, 1.807) is 13.8 Å². The quantitative estimate of drug-likeness (QED) is 0.424. The Labute approximate surface area is 87.3 Å². The molecular weight excluding hydrogens is 204 g/mol. The van der Waals surface area contributed by atoms with Crippen LogP contribution in [0.25, 0.3) is 0 Å². The van der Waals surface area contributed by atoms with Crippen molar-refractivity contribution >= 4 is 11.9 Å². The molecule has 0 bridgehead atoms. The first-order valence-electron chi connectivity index (χ1n) is 4.34. The third-order valence-corrected chi connectivity index (χ3v) is 1.65. The van der Waals surface area contributed by atoms with Gasteiger partial charge in [0.05, 0.1) is 0 Å². The van der Waals surface area contributed by atoms with Crippen molar-refractivity contribution in [2.24, 2.45) is 0 Å². The van der Waals surface area contributed by atoms with Crippen molar-refractivity contribution in [1.29, 1.82) is 0 Å². The molecule has 0 unspecified atom stereocenters. The molecule has 86 valence electrons. The van der Waals surface area contributed by atoms with Crippen molar-refractivity contribution in [2.45, 2.75) is 32.8 Å². The van der Waals surface area contributed by atoms with Gasteiger partial charge in [0.1, 0.15) is 5.60 Å². The molecule has 0 saturated heterocycles. The van der Waals surface area contributed by atoms with E-state index in [1.807, 2.05) is 6.92 Å². The van der Waals surface area contributed by atoms with Gasteiger partial charge in [-0.1, -0.05) is 6.92 Å². The molecular formula is C9H14O6. The fourth-order valence-electron chi connectivity index (χ4n) is 0.407. The van der Waals surface area contributed by atoms with Gasteiger partial charge >= 0.3 is 11.9 Å². The van der Waals surface area contributed by atoms with Gasteiger partial charge in [-0.2, -0.15) is 10.1 Å². The first-order chi connectivity index (χ1) is 6.91. The molecule has 0 fully saturated rings. The zero-order valence-electron chi connectivity index (χ0n) is 8.85. The maximum Gasteiger partial charge on any atom is 0.366 e. The van der Waals surface area contributed by atoms with Crippen molar-refractivity contribution in [1.82, 2.24) is 0 Å². The van der Waals surface area contributed by atoms with Crippen molar-refractivity contribution < 1.29 is 29.5 Å². The Kier molecular flexibility index (Phi) is 5.58. The highest BCUT2D eigenvalue weighted by Crippen LogP contribution is 2.13. The molecule has 0 radical (unpaired) electrons. The van der Waals surface area contributed by atoms with E-state index in [-0.39, 0.29) is 0 Å². The molecule has 0 aliphatic heterocycles. The summed E-state index contributed by atoms with van der Waals surface area (Å²) in [4.78, 5) is 33.7. The summed E-state index contributed by atoms with van der Waals surface area (Å²) < 4.78 is 0. The van der Waals surface area contributed by atoms with Crippen molar-refractivity contribution in [2.75, 3.05) is 0 Å². The lowest BCUT2D eigenvalue weighted by atomic mass is 10.1. The van der Waals surface area contributed by atoms with Crippen LogP contribution >= 0.6 is 0 Å². The highest BCUT2D eigenvalue weighted by Gasteiger charge is 2.18. The van der Waals surface area contributed by atoms with Crippen LogP contribution in [0.3, 0.4) is 0 Å². The van der Waals surface area contributed by atoms with E-state index >= 15 is 0 Å². The Balaban J connectivity index is 3.96. The molecule has 0 aliphatic carbocycles. The van der Waals surface area contributed by atoms with Gasteiger partial charge in [0, 0.05) is 12.2 Å².